The van der Waals surface area contributed by atoms with E-state index in [4.69, 9.17) is 0 Å². The largest absolute Gasteiger partial charge is 0.353 e. The Morgan fingerprint density at radius 1 is 1.47 bits per heavy atom. The van der Waals surface area contributed by atoms with Gasteiger partial charge in [0, 0.05) is 12.6 Å². The third kappa shape index (κ3) is 3.82. The van der Waals surface area contributed by atoms with E-state index >= 15 is 0 Å². The van der Waals surface area contributed by atoms with Crippen molar-refractivity contribution >= 4 is 5.91 Å². The lowest BCUT2D eigenvalue weighted by molar-refractivity contribution is -0.126. The van der Waals surface area contributed by atoms with E-state index in [1.165, 1.54) is 0 Å². The van der Waals surface area contributed by atoms with E-state index in [-0.39, 0.29) is 23.3 Å². The first-order valence-corrected chi connectivity index (χ1v) is 5.92. The summed E-state index contributed by atoms with van der Waals surface area (Å²) >= 11 is 0. The van der Waals surface area contributed by atoms with Crippen LogP contribution >= 0.6 is 0 Å². The molecule has 1 aliphatic rings. The van der Waals surface area contributed by atoms with Crippen LogP contribution in [0.15, 0.2) is 0 Å². The molecule has 0 aromatic rings. The van der Waals surface area contributed by atoms with Crippen LogP contribution in [0, 0.1) is 11.3 Å². The molecule has 2 N–H and O–H groups in total. The summed E-state index contributed by atoms with van der Waals surface area (Å²) in [5, 5.41) is 6.38. The van der Waals surface area contributed by atoms with Gasteiger partial charge in [-0.05, 0) is 31.7 Å². The summed E-state index contributed by atoms with van der Waals surface area (Å²) in [4.78, 5) is 11.9. The first kappa shape index (κ1) is 12.5. The molecule has 0 aromatic carbocycles. The van der Waals surface area contributed by atoms with Crippen LogP contribution in [-0.4, -0.2) is 25.0 Å². The van der Waals surface area contributed by atoms with Crippen LogP contribution in [0.1, 0.15) is 40.5 Å². The van der Waals surface area contributed by atoms with Gasteiger partial charge >= 0.3 is 0 Å². The van der Waals surface area contributed by atoms with Gasteiger partial charge < -0.3 is 10.6 Å². The molecule has 15 heavy (non-hydrogen) atoms. The standard InChI is InChI=1S/C12H24N2O/c1-9(12(2,3)4)14-11(15)10-6-5-7-13-8-10/h9-10,13H,5-8H2,1-4H3,(H,14,15)/t9-,10?/m1/s1. The Morgan fingerprint density at radius 2 is 2.13 bits per heavy atom. The molecule has 0 saturated carbocycles. The molecule has 1 unspecified atom stereocenters. The molecule has 1 fully saturated rings. The number of rotatable bonds is 2. The molecule has 1 amide bonds. The quantitative estimate of drug-likeness (QED) is 0.729. The smallest absolute Gasteiger partial charge is 0.224 e. The topological polar surface area (TPSA) is 41.1 Å². The van der Waals surface area contributed by atoms with Crippen LogP contribution in [0.5, 0.6) is 0 Å². The monoisotopic (exact) mass is 212 g/mol. The maximum atomic E-state index is 11.9. The fraction of sp³-hybridized carbons (Fsp3) is 0.917. The third-order valence-electron chi connectivity index (χ3n) is 3.33. The van der Waals surface area contributed by atoms with Crippen LogP contribution in [-0.2, 0) is 4.79 Å². The summed E-state index contributed by atoms with van der Waals surface area (Å²) in [7, 11) is 0. The van der Waals surface area contributed by atoms with E-state index < -0.39 is 0 Å². The molecule has 1 saturated heterocycles. The zero-order valence-electron chi connectivity index (χ0n) is 10.4. The lowest BCUT2D eigenvalue weighted by Crippen LogP contribution is -2.47. The minimum Gasteiger partial charge on any atom is -0.353 e. The van der Waals surface area contributed by atoms with E-state index in [2.05, 4.69) is 38.3 Å². The Bertz CT molecular complexity index is 214. The summed E-state index contributed by atoms with van der Waals surface area (Å²) in [6.07, 6.45) is 2.14. The number of hydrogen-bond acceptors (Lipinski definition) is 2. The lowest BCUT2D eigenvalue weighted by atomic mass is 9.87. The van der Waals surface area contributed by atoms with Gasteiger partial charge in [-0.1, -0.05) is 20.8 Å². The van der Waals surface area contributed by atoms with Crippen molar-refractivity contribution in [2.45, 2.75) is 46.6 Å². The minimum atomic E-state index is 0.137. The van der Waals surface area contributed by atoms with Crippen molar-refractivity contribution in [1.82, 2.24) is 10.6 Å². The highest BCUT2D eigenvalue weighted by molar-refractivity contribution is 5.79. The molecule has 3 nitrogen and oxygen atoms in total. The van der Waals surface area contributed by atoms with Gasteiger partial charge in [0.1, 0.15) is 0 Å². The molecule has 1 aliphatic heterocycles. The summed E-state index contributed by atoms with van der Waals surface area (Å²) in [5.41, 5.74) is 0.137. The fourth-order valence-corrected chi connectivity index (χ4v) is 1.62. The Hall–Kier alpha value is -0.570. The van der Waals surface area contributed by atoms with Crippen molar-refractivity contribution in [3.8, 4) is 0 Å². The number of amides is 1. The highest BCUT2D eigenvalue weighted by atomic mass is 16.2. The number of carbonyl (C=O) groups excluding carboxylic acids is 1. The van der Waals surface area contributed by atoms with Crippen LogP contribution in [0.3, 0.4) is 0 Å². The van der Waals surface area contributed by atoms with Crippen LogP contribution in [0.2, 0.25) is 0 Å². The highest BCUT2D eigenvalue weighted by Crippen LogP contribution is 2.19. The van der Waals surface area contributed by atoms with Gasteiger partial charge in [-0.2, -0.15) is 0 Å². The normalized spacial score (nSPS) is 24.7. The molecule has 3 heteroatoms. The van der Waals surface area contributed by atoms with Crippen LogP contribution in [0.4, 0.5) is 0 Å². The van der Waals surface area contributed by atoms with Gasteiger partial charge in [-0.15, -0.1) is 0 Å². The van der Waals surface area contributed by atoms with Crippen molar-refractivity contribution < 1.29 is 4.79 Å². The molecule has 2 atom stereocenters. The van der Waals surface area contributed by atoms with Gasteiger partial charge in [-0.3, -0.25) is 4.79 Å². The predicted molar refractivity (Wildman–Crippen MR) is 62.7 cm³/mol. The van der Waals surface area contributed by atoms with E-state index in [9.17, 15) is 4.79 Å². The molecular formula is C12H24N2O. The number of hydrogen-bond donors (Lipinski definition) is 2. The number of nitrogens with one attached hydrogen (secondary N) is 2. The second-order valence-electron chi connectivity index (χ2n) is 5.64. The molecule has 0 spiro atoms. The predicted octanol–water partition coefficient (Wildman–Crippen LogP) is 1.54. The molecule has 0 aromatic heterocycles. The Balaban J connectivity index is 2.40. The summed E-state index contributed by atoms with van der Waals surface area (Å²) in [6.45, 7) is 10.4. The van der Waals surface area contributed by atoms with E-state index in [1.807, 2.05) is 0 Å². The van der Waals surface area contributed by atoms with Crippen molar-refractivity contribution in [2.75, 3.05) is 13.1 Å². The first-order valence-electron chi connectivity index (χ1n) is 5.92. The minimum absolute atomic E-state index is 0.137. The van der Waals surface area contributed by atoms with E-state index in [0.717, 1.165) is 25.9 Å². The van der Waals surface area contributed by atoms with Gasteiger partial charge in [0.15, 0.2) is 0 Å². The van der Waals surface area contributed by atoms with Crippen molar-refractivity contribution in [3.05, 3.63) is 0 Å². The SMILES string of the molecule is C[C@@H](NC(=O)C1CCCNC1)C(C)(C)C. The van der Waals surface area contributed by atoms with Crippen molar-refractivity contribution in [1.29, 1.82) is 0 Å². The van der Waals surface area contributed by atoms with Crippen LogP contribution in [0.25, 0.3) is 0 Å². The van der Waals surface area contributed by atoms with Crippen molar-refractivity contribution in [3.63, 3.8) is 0 Å². The van der Waals surface area contributed by atoms with E-state index in [1.54, 1.807) is 0 Å². The van der Waals surface area contributed by atoms with E-state index in [0.29, 0.717) is 0 Å². The number of carbonyl (C=O) groups is 1. The molecule has 0 aliphatic carbocycles. The number of piperidine rings is 1. The van der Waals surface area contributed by atoms with Gasteiger partial charge in [-0.25, -0.2) is 0 Å². The lowest BCUT2D eigenvalue weighted by Gasteiger charge is -2.30. The molecule has 1 heterocycles. The molecule has 0 radical (unpaired) electrons. The molecule has 88 valence electrons. The van der Waals surface area contributed by atoms with Gasteiger partial charge in [0.05, 0.1) is 5.92 Å². The molecular weight excluding hydrogens is 188 g/mol. The Kier molecular flexibility index (Phi) is 4.14. The maximum absolute atomic E-state index is 11.9. The van der Waals surface area contributed by atoms with Gasteiger partial charge in [0.2, 0.25) is 5.91 Å². The maximum Gasteiger partial charge on any atom is 0.224 e. The summed E-state index contributed by atoms with van der Waals surface area (Å²) < 4.78 is 0. The fourth-order valence-electron chi connectivity index (χ4n) is 1.62. The zero-order valence-corrected chi connectivity index (χ0v) is 10.4. The second-order valence-corrected chi connectivity index (χ2v) is 5.64. The Labute approximate surface area is 93.0 Å². The Morgan fingerprint density at radius 3 is 2.60 bits per heavy atom. The van der Waals surface area contributed by atoms with Crippen molar-refractivity contribution in [2.24, 2.45) is 11.3 Å². The molecule has 0 bridgehead atoms. The third-order valence-corrected chi connectivity index (χ3v) is 3.33. The van der Waals surface area contributed by atoms with Gasteiger partial charge in [0.25, 0.3) is 0 Å². The average molecular weight is 212 g/mol. The molecule has 1 rings (SSSR count). The summed E-state index contributed by atoms with van der Waals surface area (Å²) in [6, 6.07) is 0.229. The summed E-state index contributed by atoms with van der Waals surface area (Å²) in [5.74, 6) is 0.383. The average Bonchev–Trinajstić information content (AvgIpc) is 2.17. The highest BCUT2D eigenvalue weighted by Gasteiger charge is 2.26. The first-order chi connectivity index (χ1) is 6.91. The second kappa shape index (κ2) is 4.97. The van der Waals surface area contributed by atoms with Crippen LogP contribution < -0.4 is 10.6 Å². The zero-order chi connectivity index (χ0) is 11.5.